The van der Waals surface area contributed by atoms with Crippen LogP contribution >= 0.6 is 23.2 Å². The van der Waals surface area contributed by atoms with Crippen LogP contribution in [0.1, 0.15) is 18.6 Å². The van der Waals surface area contributed by atoms with Gasteiger partial charge in [0.05, 0.1) is 11.0 Å². The lowest BCUT2D eigenvalue weighted by molar-refractivity contribution is -0.384. The van der Waals surface area contributed by atoms with Crippen LogP contribution in [0.2, 0.25) is 0 Å². The van der Waals surface area contributed by atoms with Crippen molar-refractivity contribution in [3.8, 4) is 0 Å². The van der Waals surface area contributed by atoms with Crippen LogP contribution in [0.25, 0.3) is 0 Å². The summed E-state index contributed by atoms with van der Waals surface area (Å²) in [6, 6.07) is 4.04. The first-order valence-electron chi connectivity index (χ1n) is 6.36. The molecule has 1 rings (SSSR count). The fraction of sp³-hybridized carbons (Fsp3) is 0.385. The highest BCUT2D eigenvalue weighted by Gasteiger charge is 2.26. The van der Waals surface area contributed by atoms with Crippen LogP contribution in [-0.2, 0) is 14.3 Å². The summed E-state index contributed by atoms with van der Waals surface area (Å²) in [7, 11) is 0. The number of nitrogens with one attached hydrogen (secondary N) is 1. The third-order valence-electron chi connectivity index (χ3n) is 2.82. The van der Waals surface area contributed by atoms with Gasteiger partial charge in [-0.1, -0.05) is 23.2 Å². The lowest BCUT2D eigenvalue weighted by Gasteiger charge is -2.24. The number of rotatable bonds is 7. The molecule has 0 saturated heterocycles. The third kappa shape index (κ3) is 6.01. The number of nitro groups is 1. The van der Waals surface area contributed by atoms with Gasteiger partial charge in [0.25, 0.3) is 11.6 Å². The predicted molar refractivity (Wildman–Crippen MR) is 82.1 cm³/mol. The second-order valence-electron chi connectivity index (χ2n) is 4.51. The topological polar surface area (TPSA) is 119 Å². The van der Waals surface area contributed by atoms with Gasteiger partial charge in [0.2, 0.25) is 0 Å². The molecule has 0 unspecified atom stereocenters. The number of aliphatic hydroxyl groups is 1. The number of halogens is 2. The Kier molecular flexibility index (Phi) is 7.21. The van der Waals surface area contributed by atoms with Crippen molar-refractivity contribution in [2.24, 2.45) is 0 Å². The quantitative estimate of drug-likeness (QED) is 0.326. The van der Waals surface area contributed by atoms with Gasteiger partial charge >= 0.3 is 5.97 Å². The molecule has 0 aliphatic carbocycles. The van der Waals surface area contributed by atoms with Gasteiger partial charge in [-0.05, 0) is 17.7 Å². The van der Waals surface area contributed by atoms with Gasteiger partial charge in [-0.3, -0.25) is 19.7 Å². The van der Waals surface area contributed by atoms with Gasteiger partial charge in [-0.25, -0.2) is 0 Å². The Balaban J connectivity index is 2.91. The van der Waals surface area contributed by atoms with Crippen molar-refractivity contribution in [2.75, 3.05) is 6.61 Å². The monoisotopic (exact) mass is 366 g/mol. The summed E-state index contributed by atoms with van der Waals surface area (Å²) in [6.07, 6.45) is -1.29. The molecular formula is C13H14Cl2N2O6. The molecule has 0 spiro atoms. The van der Waals surface area contributed by atoms with E-state index in [1.54, 1.807) is 0 Å². The van der Waals surface area contributed by atoms with Gasteiger partial charge in [-0.15, -0.1) is 0 Å². The standard InChI is InChI=1S/C13H14Cl2N2O6/c1-7(18)23-6-10(16-13(20)12(14)15)11(19)8-2-4-9(5-3-8)17(21)22/h2-5,10-12,19H,6H2,1H3,(H,16,20)/t10-,11-/m1/s1/i7+2. The number of carbonyl (C=O) groups excluding carboxylic acids is 2. The van der Waals surface area contributed by atoms with Crippen molar-refractivity contribution in [1.29, 1.82) is 0 Å². The smallest absolute Gasteiger partial charge is 0.302 e. The average Bonchev–Trinajstić information content (AvgIpc) is 2.50. The van der Waals surface area contributed by atoms with Gasteiger partial charge < -0.3 is 15.2 Å². The maximum absolute atomic E-state index is 11.6. The zero-order chi connectivity index (χ0) is 17.6. The van der Waals surface area contributed by atoms with E-state index in [9.17, 15) is 24.8 Å². The molecular weight excluding hydrogens is 353 g/mol. The van der Waals surface area contributed by atoms with E-state index in [-0.39, 0.29) is 17.9 Å². The summed E-state index contributed by atoms with van der Waals surface area (Å²) in [5, 5.41) is 23.2. The summed E-state index contributed by atoms with van der Waals surface area (Å²) >= 11 is 10.9. The highest BCUT2D eigenvalue weighted by molar-refractivity contribution is 6.53. The van der Waals surface area contributed by atoms with Crippen LogP contribution in [0.5, 0.6) is 0 Å². The number of hydrogen-bond donors (Lipinski definition) is 2. The van der Waals surface area contributed by atoms with E-state index in [4.69, 9.17) is 27.9 Å². The van der Waals surface area contributed by atoms with E-state index >= 15 is 0 Å². The molecule has 0 aliphatic heterocycles. The highest BCUT2D eigenvalue weighted by Crippen LogP contribution is 2.21. The Morgan fingerprint density at radius 1 is 1.43 bits per heavy atom. The number of nitro benzene ring substituents is 1. The highest BCUT2D eigenvalue weighted by atomic mass is 35.5. The minimum atomic E-state index is -1.36. The maximum Gasteiger partial charge on any atom is 0.302 e. The summed E-state index contributed by atoms with van der Waals surface area (Å²) in [5.41, 5.74) is 0.136. The molecule has 126 valence electrons. The Labute approximate surface area is 141 Å². The molecule has 23 heavy (non-hydrogen) atoms. The van der Waals surface area contributed by atoms with Gasteiger partial charge in [0.1, 0.15) is 12.7 Å². The first kappa shape index (κ1) is 19.1. The van der Waals surface area contributed by atoms with E-state index in [1.807, 2.05) is 0 Å². The number of hydrogen-bond acceptors (Lipinski definition) is 6. The summed E-state index contributed by atoms with van der Waals surface area (Å²) in [5.74, 6) is -1.38. The van der Waals surface area contributed by atoms with Crippen LogP contribution in [0.3, 0.4) is 0 Å². The number of non-ortho nitro benzene ring substituents is 1. The van der Waals surface area contributed by atoms with Crippen LogP contribution in [0, 0.1) is 10.1 Å². The van der Waals surface area contributed by atoms with Crippen LogP contribution in [-0.4, -0.2) is 39.4 Å². The zero-order valence-corrected chi connectivity index (χ0v) is 13.5. The number of esters is 1. The van der Waals surface area contributed by atoms with E-state index in [1.165, 1.54) is 31.2 Å². The lowest BCUT2D eigenvalue weighted by Crippen LogP contribution is -2.45. The third-order valence-corrected chi connectivity index (χ3v) is 3.21. The first-order valence-corrected chi connectivity index (χ1v) is 7.24. The summed E-state index contributed by atoms with van der Waals surface area (Å²) in [4.78, 5) is 31.1. The minimum absolute atomic E-state index is 0.150. The maximum atomic E-state index is 11.6. The molecule has 0 heterocycles. The van der Waals surface area contributed by atoms with Gasteiger partial charge in [-0.2, -0.15) is 0 Å². The molecule has 0 saturated carbocycles. The number of benzene rings is 1. The van der Waals surface area contributed by atoms with Gasteiger partial charge in [0.15, 0.2) is 4.84 Å². The molecule has 0 bridgehead atoms. The fourth-order valence-corrected chi connectivity index (χ4v) is 1.82. The zero-order valence-electron chi connectivity index (χ0n) is 11.9. The van der Waals surface area contributed by atoms with Crippen molar-refractivity contribution in [2.45, 2.75) is 23.9 Å². The minimum Gasteiger partial charge on any atom is -0.464 e. The first-order chi connectivity index (χ1) is 10.7. The number of ether oxygens (including phenoxy) is 1. The Hall–Kier alpha value is -1.90. The molecule has 0 fully saturated rings. The van der Waals surface area contributed by atoms with Crippen molar-refractivity contribution >= 4 is 40.8 Å². The summed E-state index contributed by atoms with van der Waals surface area (Å²) in [6.45, 7) is 0.850. The van der Waals surface area contributed by atoms with E-state index in [0.29, 0.717) is 0 Å². The molecule has 2 N–H and O–H groups in total. The molecule has 0 aromatic heterocycles. The Morgan fingerprint density at radius 3 is 2.43 bits per heavy atom. The number of carbonyl (C=O) groups is 2. The average molecular weight is 367 g/mol. The molecule has 1 aromatic carbocycles. The molecule has 8 nitrogen and oxygen atoms in total. The van der Waals surface area contributed by atoms with Gasteiger partial charge in [0, 0.05) is 19.1 Å². The fourth-order valence-electron chi connectivity index (χ4n) is 1.69. The molecule has 0 radical (unpaired) electrons. The van der Waals surface area contributed by atoms with Crippen molar-refractivity contribution in [3.63, 3.8) is 0 Å². The molecule has 1 amide bonds. The number of nitrogens with zero attached hydrogens (tertiary/aromatic N) is 1. The SMILES string of the molecule is C[14C](=O)OC[C@@H](NC(=O)C(Cl)Cl)[C@H](O)c1ccc([N+](=O)[O-])cc1. The normalized spacial score (nSPS) is 13.3. The number of alkyl halides is 2. The van der Waals surface area contributed by atoms with E-state index < -0.39 is 33.8 Å². The lowest BCUT2D eigenvalue weighted by atomic mass is 10.0. The summed E-state index contributed by atoms with van der Waals surface area (Å²) < 4.78 is 4.78. The van der Waals surface area contributed by atoms with Crippen molar-refractivity contribution in [3.05, 3.63) is 39.9 Å². The largest absolute Gasteiger partial charge is 0.464 e. The van der Waals surface area contributed by atoms with E-state index in [2.05, 4.69) is 5.32 Å². The van der Waals surface area contributed by atoms with E-state index in [0.717, 1.165) is 0 Å². The Morgan fingerprint density at radius 2 is 2.00 bits per heavy atom. The number of amides is 1. The predicted octanol–water partition coefficient (Wildman–Crippen LogP) is 1.48. The van der Waals surface area contributed by atoms with Crippen LogP contribution in [0.4, 0.5) is 5.69 Å². The van der Waals surface area contributed by atoms with Crippen molar-refractivity contribution < 1.29 is 24.4 Å². The second-order valence-corrected chi connectivity index (χ2v) is 5.61. The van der Waals surface area contributed by atoms with Crippen LogP contribution in [0.15, 0.2) is 24.3 Å². The molecule has 10 heteroatoms. The Bertz CT molecular complexity index is 578. The molecule has 2 atom stereocenters. The van der Waals surface area contributed by atoms with Crippen molar-refractivity contribution in [1.82, 2.24) is 5.32 Å². The second kappa shape index (κ2) is 8.66. The molecule has 0 aliphatic rings. The number of aliphatic hydroxyl groups excluding tert-OH is 1. The molecule has 1 aromatic rings. The van der Waals surface area contributed by atoms with Crippen LogP contribution < -0.4 is 5.32 Å².